The molecule has 0 aliphatic carbocycles. The molecule has 0 bridgehead atoms. The average Bonchev–Trinajstić information content (AvgIpc) is 1.23. The molecule has 0 saturated heterocycles. The molecule has 0 aromatic carbocycles. The molecular formula is C78H152O17P2. The molecule has 0 aliphatic heterocycles. The number of unbranched alkanes of at least 4 members (excludes halogenated alkanes) is 50. The number of aliphatic hydroxyl groups excluding tert-OH is 1. The number of ether oxygens (including phenoxy) is 4. The quantitative estimate of drug-likeness (QED) is 0.0222. The van der Waals surface area contributed by atoms with Gasteiger partial charge >= 0.3 is 39.5 Å². The van der Waals surface area contributed by atoms with Crippen LogP contribution in [0.15, 0.2) is 0 Å². The van der Waals surface area contributed by atoms with Gasteiger partial charge in [-0.1, -0.05) is 362 Å². The fraction of sp³-hybridized carbons (Fsp3) is 0.949. The zero-order chi connectivity index (χ0) is 71.2. The van der Waals surface area contributed by atoms with Gasteiger partial charge in [-0.25, -0.2) is 9.13 Å². The van der Waals surface area contributed by atoms with Crippen LogP contribution in [0.5, 0.6) is 0 Å². The molecule has 5 atom stereocenters. The van der Waals surface area contributed by atoms with Gasteiger partial charge in [0.1, 0.15) is 19.3 Å². The van der Waals surface area contributed by atoms with Crippen LogP contribution in [0.25, 0.3) is 0 Å². The van der Waals surface area contributed by atoms with Gasteiger partial charge in [0.05, 0.1) is 26.4 Å². The highest BCUT2D eigenvalue weighted by atomic mass is 31.2. The van der Waals surface area contributed by atoms with E-state index >= 15 is 0 Å². The van der Waals surface area contributed by atoms with Crippen molar-refractivity contribution in [2.75, 3.05) is 39.6 Å². The van der Waals surface area contributed by atoms with Gasteiger partial charge in [0.2, 0.25) is 0 Å². The van der Waals surface area contributed by atoms with Crippen molar-refractivity contribution in [3.05, 3.63) is 0 Å². The minimum Gasteiger partial charge on any atom is -0.462 e. The Morgan fingerprint density at radius 3 is 0.701 bits per heavy atom. The number of phosphoric acid groups is 2. The maximum absolute atomic E-state index is 13.1. The molecule has 0 aliphatic rings. The summed E-state index contributed by atoms with van der Waals surface area (Å²) in [6.07, 6.45) is 61.0. The molecule has 0 aromatic rings. The number of phosphoric ester groups is 2. The Morgan fingerprint density at radius 1 is 0.278 bits per heavy atom. The predicted octanol–water partition coefficient (Wildman–Crippen LogP) is 23.3. The van der Waals surface area contributed by atoms with E-state index in [9.17, 15) is 43.2 Å². The summed E-state index contributed by atoms with van der Waals surface area (Å²) in [5, 5.41) is 10.6. The van der Waals surface area contributed by atoms with E-state index in [0.717, 1.165) is 95.8 Å². The van der Waals surface area contributed by atoms with Gasteiger partial charge in [-0.2, -0.15) is 0 Å². The normalized spacial score (nSPS) is 13.9. The van der Waals surface area contributed by atoms with Crippen molar-refractivity contribution < 1.29 is 80.2 Å². The first-order valence-electron chi connectivity index (χ1n) is 40.6. The summed E-state index contributed by atoms with van der Waals surface area (Å²) in [5.41, 5.74) is 0. The van der Waals surface area contributed by atoms with Crippen molar-refractivity contribution in [1.29, 1.82) is 0 Å². The molecule has 97 heavy (non-hydrogen) atoms. The van der Waals surface area contributed by atoms with Crippen LogP contribution in [0.1, 0.15) is 413 Å². The zero-order valence-corrected chi connectivity index (χ0v) is 65.0. The van der Waals surface area contributed by atoms with E-state index in [0.29, 0.717) is 25.7 Å². The van der Waals surface area contributed by atoms with E-state index in [2.05, 4.69) is 34.6 Å². The largest absolute Gasteiger partial charge is 0.472 e. The molecule has 0 radical (unpaired) electrons. The van der Waals surface area contributed by atoms with Crippen LogP contribution >= 0.6 is 15.6 Å². The topological polar surface area (TPSA) is 237 Å². The molecule has 0 fully saturated rings. The highest BCUT2D eigenvalue weighted by molar-refractivity contribution is 7.47. The first kappa shape index (κ1) is 95.1. The minimum absolute atomic E-state index is 0.107. The molecule has 0 heterocycles. The fourth-order valence-corrected chi connectivity index (χ4v) is 13.6. The lowest BCUT2D eigenvalue weighted by molar-refractivity contribution is -0.161. The molecule has 2 unspecified atom stereocenters. The van der Waals surface area contributed by atoms with Crippen molar-refractivity contribution in [2.24, 2.45) is 5.92 Å². The Balaban J connectivity index is 5.22. The standard InChI is InChI=1S/C78H152O17P2/c1-6-9-12-15-18-21-24-27-29-30-31-32-33-34-36-39-42-49-54-59-64-78(83)94-73(67-88-75(80)61-56-51-46-40-38-35-28-25-22-19-16-13-10-7-2)69-92-96(84,85)90-65-72(79)66-91-97(86,87)93-70-74(68-89-76(81)62-57-52-47-44-43-45-50-55-60-71(4)5)95-77(82)63-58-53-48-41-37-26-23-20-17-14-11-8-3/h71-74,79H,6-70H2,1-5H3,(H,84,85)(H,86,87)/t72-,73-,74-/m1/s1. The molecule has 576 valence electrons. The van der Waals surface area contributed by atoms with Crippen LogP contribution in [0, 0.1) is 5.92 Å². The third-order valence-electron chi connectivity index (χ3n) is 18.3. The van der Waals surface area contributed by atoms with Gasteiger partial charge in [-0.3, -0.25) is 37.3 Å². The summed E-state index contributed by atoms with van der Waals surface area (Å²) in [6, 6.07) is 0. The lowest BCUT2D eigenvalue weighted by Gasteiger charge is -2.21. The van der Waals surface area contributed by atoms with Gasteiger partial charge in [-0.15, -0.1) is 0 Å². The molecule has 3 N–H and O–H groups in total. The number of esters is 4. The Morgan fingerprint density at radius 2 is 0.474 bits per heavy atom. The summed E-state index contributed by atoms with van der Waals surface area (Å²) in [7, 11) is -9.91. The Kier molecular flexibility index (Phi) is 69.6. The Hall–Kier alpha value is -1.94. The van der Waals surface area contributed by atoms with Crippen LogP contribution in [-0.4, -0.2) is 96.7 Å². The van der Waals surface area contributed by atoms with E-state index in [4.69, 9.17) is 37.0 Å². The summed E-state index contributed by atoms with van der Waals surface area (Å²) in [6.45, 7) is 7.27. The third kappa shape index (κ3) is 72.2. The van der Waals surface area contributed by atoms with Crippen LogP contribution in [0.3, 0.4) is 0 Å². The lowest BCUT2D eigenvalue weighted by Crippen LogP contribution is -2.30. The Bertz CT molecular complexity index is 1860. The van der Waals surface area contributed by atoms with Crippen LogP contribution in [-0.2, 0) is 65.4 Å². The van der Waals surface area contributed by atoms with E-state index in [-0.39, 0.29) is 25.7 Å². The summed E-state index contributed by atoms with van der Waals surface area (Å²) in [4.78, 5) is 72.9. The molecule has 0 amide bonds. The SMILES string of the molecule is CCCCCCCCCCCCCCCCCCCCCCC(=O)O[C@H](COC(=O)CCCCCCCCCCCCCCCC)COP(=O)(O)OC[C@@H](O)COP(=O)(O)OC[C@@H](COC(=O)CCCCCCCCCCC(C)C)OC(=O)CCCCCCCCCCCCCC. The summed E-state index contributed by atoms with van der Waals surface area (Å²) >= 11 is 0. The summed E-state index contributed by atoms with van der Waals surface area (Å²) in [5.74, 6) is -1.38. The smallest absolute Gasteiger partial charge is 0.462 e. The number of aliphatic hydroxyl groups is 1. The Labute approximate surface area is 594 Å². The molecule has 19 heteroatoms. The monoisotopic (exact) mass is 1420 g/mol. The highest BCUT2D eigenvalue weighted by Crippen LogP contribution is 2.45. The van der Waals surface area contributed by atoms with Gasteiger partial charge < -0.3 is 33.8 Å². The second kappa shape index (κ2) is 71.1. The van der Waals surface area contributed by atoms with E-state index < -0.39 is 97.5 Å². The van der Waals surface area contributed by atoms with Gasteiger partial charge in [0.15, 0.2) is 12.2 Å². The van der Waals surface area contributed by atoms with Gasteiger partial charge in [0.25, 0.3) is 0 Å². The third-order valence-corrected chi connectivity index (χ3v) is 20.2. The molecule has 17 nitrogen and oxygen atoms in total. The van der Waals surface area contributed by atoms with Crippen molar-refractivity contribution in [3.8, 4) is 0 Å². The number of rotatable bonds is 78. The van der Waals surface area contributed by atoms with Crippen LogP contribution in [0.4, 0.5) is 0 Å². The number of hydrogen-bond donors (Lipinski definition) is 3. The van der Waals surface area contributed by atoms with Crippen LogP contribution in [0.2, 0.25) is 0 Å². The minimum atomic E-state index is -4.96. The second-order valence-electron chi connectivity index (χ2n) is 28.6. The number of carbonyl (C=O) groups is 4. The van der Waals surface area contributed by atoms with Crippen LogP contribution < -0.4 is 0 Å². The maximum Gasteiger partial charge on any atom is 0.472 e. The molecular weight excluding hydrogens is 1270 g/mol. The zero-order valence-electron chi connectivity index (χ0n) is 63.2. The van der Waals surface area contributed by atoms with Gasteiger partial charge in [-0.05, 0) is 31.6 Å². The second-order valence-corrected chi connectivity index (χ2v) is 31.5. The first-order valence-corrected chi connectivity index (χ1v) is 43.6. The van der Waals surface area contributed by atoms with Crippen molar-refractivity contribution in [2.45, 2.75) is 432 Å². The molecule has 0 saturated carbocycles. The number of carbonyl (C=O) groups excluding carboxylic acids is 4. The van der Waals surface area contributed by atoms with E-state index in [1.165, 1.54) is 238 Å². The predicted molar refractivity (Wildman–Crippen MR) is 395 cm³/mol. The highest BCUT2D eigenvalue weighted by Gasteiger charge is 2.30. The van der Waals surface area contributed by atoms with Crippen molar-refractivity contribution in [3.63, 3.8) is 0 Å². The lowest BCUT2D eigenvalue weighted by atomic mass is 10.0. The number of hydrogen-bond acceptors (Lipinski definition) is 15. The fourth-order valence-electron chi connectivity index (χ4n) is 12.1. The molecule has 0 rings (SSSR count). The van der Waals surface area contributed by atoms with E-state index in [1.807, 2.05) is 0 Å². The first-order chi connectivity index (χ1) is 47.0. The molecule has 0 aromatic heterocycles. The van der Waals surface area contributed by atoms with Crippen molar-refractivity contribution >= 4 is 39.5 Å². The summed E-state index contributed by atoms with van der Waals surface area (Å²) < 4.78 is 68.6. The molecule has 0 spiro atoms. The van der Waals surface area contributed by atoms with E-state index in [1.54, 1.807) is 0 Å². The van der Waals surface area contributed by atoms with Gasteiger partial charge in [0, 0.05) is 25.7 Å². The maximum atomic E-state index is 13.1. The average molecular weight is 1420 g/mol. The van der Waals surface area contributed by atoms with Crippen molar-refractivity contribution in [1.82, 2.24) is 0 Å².